The van der Waals surface area contributed by atoms with Gasteiger partial charge in [0.1, 0.15) is 0 Å². The fourth-order valence-electron chi connectivity index (χ4n) is 1.36. The summed E-state index contributed by atoms with van der Waals surface area (Å²) in [5, 5.41) is 17.8. The molecule has 0 aromatic carbocycles. The van der Waals surface area contributed by atoms with Crippen molar-refractivity contribution >= 4 is 6.16 Å². The van der Waals surface area contributed by atoms with Crippen molar-refractivity contribution in [2.45, 2.75) is 44.5 Å². The van der Waals surface area contributed by atoms with Gasteiger partial charge in [0.25, 0.3) is 0 Å². The van der Waals surface area contributed by atoms with Gasteiger partial charge in [-0.15, -0.1) is 0 Å². The van der Waals surface area contributed by atoms with Crippen molar-refractivity contribution in [3.8, 4) is 0 Å². The molecule has 5 heteroatoms. The first-order valence-corrected chi connectivity index (χ1v) is 4.91. The van der Waals surface area contributed by atoms with Gasteiger partial charge in [0, 0.05) is 6.61 Å². The number of aliphatic hydroxyl groups excluding tert-OH is 1. The van der Waals surface area contributed by atoms with Crippen LogP contribution in [0.2, 0.25) is 0 Å². The van der Waals surface area contributed by atoms with Crippen molar-refractivity contribution in [2.75, 3.05) is 6.61 Å². The van der Waals surface area contributed by atoms with Crippen LogP contribution < -0.4 is 0 Å². The molecule has 1 fully saturated rings. The third-order valence-corrected chi connectivity index (χ3v) is 2.14. The highest BCUT2D eigenvalue weighted by Gasteiger charge is 2.46. The molecule has 0 atom stereocenters. The van der Waals surface area contributed by atoms with E-state index in [-0.39, 0.29) is 6.61 Å². The Morgan fingerprint density at radius 2 is 1.64 bits per heavy atom. The molecule has 1 heterocycles. The Bertz CT molecular complexity index is 184. The van der Waals surface area contributed by atoms with Crippen LogP contribution >= 0.6 is 0 Å². The second kappa shape index (κ2) is 5.17. The quantitative estimate of drug-likeness (QED) is 0.480. The number of carbonyl (C=O) groups is 1. The molecule has 0 aromatic heterocycles. The number of rotatable bonds is 7. The number of unbranched alkanes of at least 4 members (excludes halogenated alkanes) is 4. The SMILES string of the molecule is O=C1OC(O)(CCCCCCCO)O1. The second-order valence-electron chi connectivity index (χ2n) is 3.41. The highest BCUT2D eigenvalue weighted by atomic mass is 17.0. The van der Waals surface area contributed by atoms with Gasteiger partial charge in [-0.25, -0.2) is 4.79 Å². The largest absolute Gasteiger partial charge is 0.518 e. The van der Waals surface area contributed by atoms with Crippen LogP contribution in [-0.2, 0) is 9.47 Å². The molecule has 5 nitrogen and oxygen atoms in total. The predicted octanol–water partition coefficient (Wildman–Crippen LogP) is 1.13. The van der Waals surface area contributed by atoms with Gasteiger partial charge < -0.3 is 19.7 Å². The molecule has 0 bridgehead atoms. The van der Waals surface area contributed by atoms with E-state index >= 15 is 0 Å². The van der Waals surface area contributed by atoms with Crippen LogP contribution in [-0.4, -0.2) is 28.9 Å². The van der Waals surface area contributed by atoms with Crippen LogP contribution in [0.5, 0.6) is 0 Å². The third-order valence-electron chi connectivity index (χ3n) is 2.14. The minimum absolute atomic E-state index is 0.227. The van der Waals surface area contributed by atoms with Crippen molar-refractivity contribution in [1.29, 1.82) is 0 Å². The van der Waals surface area contributed by atoms with Crippen molar-refractivity contribution in [3.63, 3.8) is 0 Å². The second-order valence-corrected chi connectivity index (χ2v) is 3.41. The average Bonchev–Trinajstić information content (AvgIpc) is 2.09. The molecule has 1 aliphatic rings. The van der Waals surface area contributed by atoms with Crippen LogP contribution in [0.1, 0.15) is 38.5 Å². The highest BCUT2D eigenvalue weighted by Crippen LogP contribution is 2.27. The van der Waals surface area contributed by atoms with Gasteiger partial charge in [-0.05, 0) is 12.8 Å². The van der Waals surface area contributed by atoms with E-state index in [0.717, 1.165) is 32.1 Å². The molecule has 0 spiro atoms. The van der Waals surface area contributed by atoms with Crippen molar-refractivity contribution < 1.29 is 24.5 Å². The molecule has 0 amide bonds. The lowest BCUT2D eigenvalue weighted by Crippen LogP contribution is -2.49. The van der Waals surface area contributed by atoms with E-state index in [4.69, 9.17) is 5.11 Å². The van der Waals surface area contributed by atoms with Gasteiger partial charge in [0.2, 0.25) is 0 Å². The van der Waals surface area contributed by atoms with Crippen LogP contribution in [0.25, 0.3) is 0 Å². The summed E-state index contributed by atoms with van der Waals surface area (Å²) in [7, 11) is 0. The molecule has 0 radical (unpaired) electrons. The molecular formula is C9H16O5. The maximum absolute atomic E-state index is 10.3. The predicted molar refractivity (Wildman–Crippen MR) is 47.3 cm³/mol. The molecule has 1 rings (SSSR count). The first kappa shape index (κ1) is 11.3. The normalized spacial score (nSPS) is 18.3. The Hall–Kier alpha value is -0.810. The average molecular weight is 204 g/mol. The molecule has 0 aliphatic carbocycles. The van der Waals surface area contributed by atoms with E-state index in [2.05, 4.69) is 9.47 Å². The number of aliphatic hydroxyl groups is 2. The number of carbonyl (C=O) groups excluding carboxylic acids is 1. The van der Waals surface area contributed by atoms with E-state index in [1.807, 2.05) is 0 Å². The van der Waals surface area contributed by atoms with Crippen LogP contribution in [0.4, 0.5) is 4.79 Å². The minimum atomic E-state index is -1.66. The highest BCUT2D eigenvalue weighted by molar-refractivity contribution is 5.64. The van der Waals surface area contributed by atoms with Crippen LogP contribution in [0.15, 0.2) is 0 Å². The molecule has 2 N–H and O–H groups in total. The third kappa shape index (κ3) is 3.51. The van der Waals surface area contributed by atoms with E-state index in [9.17, 15) is 9.90 Å². The summed E-state index contributed by atoms with van der Waals surface area (Å²) in [6.45, 7) is 0.227. The van der Waals surface area contributed by atoms with Gasteiger partial charge >= 0.3 is 12.1 Å². The lowest BCUT2D eigenvalue weighted by Gasteiger charge is -2.33. The Morgan fingerprint density at radius 3 is 2.21 bits per heavy atom. The van der Waals surface area contributed by atoms with E-state index < -0.39 is 12.1 Å². The molecular weight excluding hydrogens is 188 g/mol. The van der Waals surface area contributed by atoms with Crippen molar-refractivity contribution in [2.24, 2.45) is 0 Å². The Balaban J connectivity index is 1.91. The van der Waals surface area contributed by atoms with Gasteiger partial charge in [-0.1, -0.05) is 19.3 Å². The summed E-state index contributed by atoms with van der Waals surface area (Å²) < 4.78 is 8.82. The molecule has 0 unspecified atom stereocenters. The van der Waals surface area contributed by atoms with Gasteiger partial charge in [0.05, 0.1) is 6.42 Å². The summed E-state index contributed by atoms with van der Waals surface area (Å²) in [4.78, 5) is 10.3. The smallest absolute Gasteiger partial charge is 0.396 e. The fraction of sp³-hybridized carbons (Fsp3) is 0.889. The Labute approximate surface area is 82.6 Å². The van der Waals surface area contributed by atoms with E-state index in [1.165, 1.54) is 0 Å². The number of cyclic esters (lactones) is 2. The minimum Gasteiger partial charge on any atom is -0.396 e. The zero-order valence-corrected chi connectivity index (χ0v) is 8.07. The molecule has 1 saturated heterocycles. The summed E-state index contributed by atoms with van der Waals surface area (Å²) in [5.74, 6) is -1.66. The first-order valence-electron chi connectivity index (χ1n) is 4.91. The molecule has 14 heavy (non-hydrogen) atoms. The number of ether oxygens (including phenoxy) is 2. The molecule has 82 valence electrons. The molecule has 0 aromatic rings. The molecule has 1 aliphatic heterocycles. The summed E-state index contributed by atoms with van der Waals surface area (Å²) in [6, 6.07) is 0. The van der Waals surface area contributed by atoms with E-state index in [0.29, 0.717) is 6.42 Å². The molecule has 0 saturated carbocycles. The maximum atomic E-state index is 10.3. The fourth-order valence-corrected chi connectivity index (χ4v) is 1.36. The standard InChI is InChI=1S/C9H16O5/c10-7-5-3-1-2-4-6-9(12)13-8(11)14-9/h10,12H,1-7H2. The zero-order chi connectivity index (χ0) is 10.4. The summed E-state index contributed by atoms with van der Waals surface area (Å²) >= 11 is 0. The van der Waals surface area contributed by atoms with Crippen molar-refractivity contribution in [1.82, 2.24) is 0 Å². The summed E-state index contributed by atoms with van der Waals surface area (Å²) in [5.41, 5.74) is 0. The lowest BCUT2D eigenvalue weighted by atomic mass is 10.1. The van der Waals surface area contributed by atoms with Crippen LogP contribution in [0.3, 0.4) is 0 Å². The number of hydrogen-bond donors (Lipinski definition) is 2. The van der Waals surface area contributed by atoms with Crippen molar-refractivity contribution in [3.05, 3.63) is 0 Å². The lowest BCUT2D eigenvalue weighted by molar-refractivity contribution is -0.388. The maximum Gasteiger partial charge on any atom is 0.518 e. The Morgan fingerprint density at radius 1 is 1.07 bits per heavy atom. The first-order chi connectivity index (χ1) is 6.66. The topological polar surface area (TPSA) is 76.0 Å². The summed E-state index contributed by atoms with van der Waals surface area (Å²) in [6.07, 6.45) is 3.99. The van der Waals surface area contributed by atoms with Gasteiger partial charge in [-0.3, -0.25) is 0 Å². The number of hydrogen-bond acceptors (Lipinski definition) is 5. The zero-order valence-electron chi connectivity index (χ0n) is 8.07. The van der Waals surface area contributed by atoms with Gasteiger partial charge in [-0.2, -0.15) is 0 Å². The monoisotopic (exact) mass is 204 g/mol. The van der Waals surface area contributed by atoms with Crippen LogP contribution in [0, 0.1) is 0 Å². The van der Waals surface area contributed by atoms with E-state index in [1.54, 1.807) is 0 Å². The Kier molecular flexibility index (Phi) is 4.16. The van der Waals surface area contributed by atoms with Gasteiger partial charge in [0.15, 0.2) is 0 Å².